The van der Waals surface area contributed by atoms with Crippen LogP contribution in [0.4, 0.5) is 4.39 Å². The highest BCUT2D eigenvalue weighted by atomic mass is 19.1. The predicted octanol–water partition coefficient (Wildman–Crippen LogP) is 4.69. The number of nitrogens with one attached hydrogen (secondary N) is 1. The molecule has 1 aliphatic rings. The molecular weight excluding hydrogens is 315 g/mol. The SMILES string of the molecule is COc1cc([C@@H](C)N[C@H]2CC[C@@H](c3ccc(C#N)cc3)C2)ccc1F. The minimum absolute atomic E-state index is 0.138. The number of hydrogen-bond donors (Lipinski definition) is 1. The highest BCUT2D eigenvalue weighted by Gasteiger charge is 2.27. The Morgan fingerprint density at radius 1 is 1.20 bits per heavy atom. The number of ether oxygens (including phenoxy) is 1. The first-order valence-electron chi connectivity index (χ1n) is 8.70. The van der Waals surface area contributed by atoms with Crippen molar-refractivity contribution in [1.29, 1.82) is 5.26 Å². The van der Waals surface area contributed by atoms with Gasteiger partial charge in [0.15, 0.2) is 11.6 Å². The molecule has 1 fully saturated rings. The summed E-state index contributed by atoms with van der Waals surface area (Å²) in [5.74, 6) is 0.480. The van der Waals surface area contributed by atoms with Crippen LogP contribution in [0.5, 0.6) is 5.75 Å². The molecule has 2 aromatic carbocycles. The van der Waals surface area contributed by atoms with E-state index in [4.69, 9.17) is 10.00 Å². The zero-order chi connectivity index (χ0) is 17.8. The molecule has 4 heteroatoms. The Bertz CT molecular complexity index is 766. The minimum Gasteiger partial charge on any atom is -0.494 e. The predicted molar refractivity (Wildman–Crippen MR) is 96.0 cm³/mol. The van der Waals surface area contributed by atoms with Gasteiger partial charge in [-0.05, 0) is 67.5 Å². The maximum absolute atomic E-state index is 13.6. The summed E-state index contributed by atoms with van der Waals surface area (Å²) in [6.07, 6.45) is 3.34. The summed E-state index contributed by atoms with van der Waals surface area (Å²) in [6, 6.07) is 15.7. The average Bonchev–Trinajstić information content (AvgIpc) is 3.10. The van der Waals surface area contributed by atoms with Crippen LogP contribution >= 0.6 is 0 Å². The van der Waals surface area contributed by atoms with Crippen molar-refractivity contribution in [3.63, 3.8) is 0 Å². The van der Waals surface area contributed by atoms with Crippen LogP contribution in [0.2, 0.25) is 0 Å². The van der Waals surface area contributed by atoms with Gasteiger partial charge < -0.3 is 10.1 Å². The van der Waals surface area contributed by atoms with Crippen LogP contribution in [0.15, 0.2) is 42.5 Å². The molecule has 0 aliphatic heterocycles. The van der Waals surface area contributed by atoms with Crippen LogP contribution in [0.1, 0.15) is 54.8 Å². The normalized spacial score (nSPS) is 20.9. The number of halogens is 1. The zero-order valence-corrected chi connectivity index (χ0v) is 14.6. The van der Waals surface area contributed by atoms with Crippen molar-refractivity contribution in [3.05, 3.63) is 65.0 Å². The van der Waals surface area contributed by atoms with E-state index < -0.39 is 0 Å². The van der Waals surface area contributed by atoms with Crippen LogP contribution < -0.4 is 10.1 Å². The van der Waals surface area contributed by atoms with Gasteiger partial charge in [-0.1, -0.05) is 18.2 Å². The molecule has 0 spiro atoms. The third-order valence-corrected chi connectivity index (χ3v) is 5.10. The topological polar surface area (TPSA) is 45.0 Å². The number of hydrogen-bond acceptors (Lipinski definition) is 3. The Morgan fingerprint density at radius 3 is 2.64 bits per heavy atom. The van der Waals surface area contributed by atoms with E-state index in [1.54, 1.807) is 6.07 Å². The van der Waals surface area contributed by atoms with E-state index in [1.165, 1.54) is 18.7 Å². The summed E-state index contributed by atoms with van der Waals surface area (Å²) in [6.45, 7) is 2.10. The Kier molecular flexibility index (Phi) is 5.35. The lowest BCUT2D eigenvalue weighted by molar-refractivity contribution is 0.384. The van der Waals surface area contributed by atoms with Crippen LogP contribution in [-0.4, -0.2) is 13.2 Å². The van der Waals surface area contributed by atoms with Crippen molar-refractivity contribution in [1.82, 2.24) is 5.32 Å². The first kappa shape index (κ1) is 17.4. The van der Waals surface area contributed by atoms with Gasteiger partial charge in [-0.25, -0.2) is 4.39 Å². The Balaban J connectivity index is 1.61. The number of rotatable bonds is 5. The Hall–Kier alpha value is -2.38. The molecule has 1 saturated carbocycles. The van der Waals surface area contributed by atoms with Gasteiger partial charge in [0.1, 0.15) is 0 Å². The summed E-state index contributed by atoms with van der Waals surface area (Å²) in [4.78, 5) is 0. The van der Waals surface area contributed by atoms with Gasteiger partial charge in [-0.2, -0.15) is 5.26 Å². The van der Waals surface area contributed by atoms with Crippen LogP contribution in [-0.2, 0) is 0 Å². The van der Waals surface area contributed by atoms with E-state index in [2.05, 4.69) is 30.4 Å². The average molecular weight is 338 g/mol. The van der Waals surface area contributed by atoms with Crippen molar-refractivity contribution in [2.45, 2.75) is 44.2 Å². The van der Waals surface area contributed by atoms with Crippen LogP contribution in [0, 0.1) is 17.1 Å². The fourth-order valence-corrected chi connectivity index (χ4v) is 3.66. The second-order valence-electron chi connectivity index (χ2n) is 6.72. The van der Waals surface area contributed by atoms with Gasteiger partial charge in [-0.3, -0.25) is 0 Å². The van der Waals surface area contributed by atoms with E-state index in [0.717, 1.165) is 24.8 Å². The molecule has 0 heterocycles. The van der Waals surface area contributed by atoms with Gasteiger partial charge >= 0.3 is 0 Å². The molecule has 0 amide bonds. The summed E-state index contributed by atoms with van der Waals surface area (Å²) < 4.78 is 18.6. The molecule has 0 aromatic heterocycles. The van der Waals surface area contributed by atoms with Crippen molar-refractivity contribution >= 4 is 0 Å². The number of methoxy groups -OCH3 is 1. The monoisotopic (exact) mass is 338 g/mol. The maximum atomic E-state index is 13.6. The van der Waals surface area contributed by atoms with E-state index in [9.17, 15) is 4.39 Å². The van der Waals surface area contributed by atoms with Crippen LogP contribution in [0.25, 0.3) is 0 Å². The van der Waals surface area contributed by atoms with Gasteiger partial charge in [0.2, 0.25) is 0 Å². The van der Waals surface area contributed by atoms with Crippen molar-refractivity contribution in [3.8, 4) is 11.8 Å². The minimum atomic E-state index is -0.333. The van der Waals surface area contributed by atoms with Crippen molar-refractivity contribution in [2.75, 3.05) is 7.11 Å². The van der Waals surface area contributed by atoms with E-state index >= 15 is 0 Å². The van der Waals surface area contributed by atoms with Gasteiger partial charge in [-0.15, -0.1) is 0 Å². The van der Waals surface area contributed by atoms with Crippen molar-refractivity contribution < 1.29 is 9.13 Å². The molecular formula is C21H23FN2O. The molecule has 3 nitrogen and oxygen atoms in total. The summed E-state index contributed by atoms with van der Waals surface area (Å²) in [5, 5.41) is 12.6. The first-order chi connectivity index (χ1) is 12.1. The molecule has 130 valence electrons. The smallest absolute Gasteiger partial charge is 0.165 e. The summed E-state index contributed by atoms with van der Waals surface area (Å²) >= 11 is 0. The molecule has 25 heavy (non-hydrogen) atoms. The highest BCUT2D eigenvalue weighted by Crippen LogP contribution is 2.35. The molecule has 3 rings (SSSR count). The lowest BCUT2D eigenvalue weighted by atomic mass is 9.96. The molecule has 1 aliphatic carbocycles. The molecule has 0 unspecified atom stereocenters. The molecule has 1 N–H and O–H groups in total. The fourth-order valence-electron chi connectivity index (χ4n) is 3.66. The van der Waals surface area contributed by atoms with E-state index in [-0.39, 0.29) is 17.6 Å². The summed E-state index contributed by atoms with van der Waals surface area (Å²) in [7, 11) is 1.49. The zero-order valence-electron chi connectivity index (χ0n) is 14.6. The summed E-state index contributed by atoms with van der Waals surface area (Å²) in [5.41, 5.74) is 3.04. The lowest BCUT2D eigenvalue weighted by Crippen LogP contribution is -2.29. The van der Waals surface area contributed by atoms with E-state index in [0.29, 0.717) is 17.5 Å². The fraction of sp³-hybridized carbons (Fsp3) is 0.381. The van der Waals surface area contributed by atoms with Crippen LogP contribution in [0.3, 0.4) is 0 Å². The standard InChI is InChI=1S/C21H23FN2O/c1-14(17-8-10-20(22)21(12-17)25-2)24-19-9-7-18(11-19)16-5-3-15(13-23)4-6-16/h3-6,8,10,12,14,18-19,24H,7,9,11H2,1-2H3/t14-,18-,19+/m1/s1. The Morgan fingerprint density at radius 2 is 1.96 bits per heavy atom. The third-order valence-electron chi connectivity index (χ3n) is 5.10. The molecule has 3 atom stereocenters. The van der Waals surface area contributed by atoms with Crippen molar-refractivity contribution in [2.24, 2.45) is 0 Å². The Labute approximate surface area is 148 Å². The number of benzene rings is 2. The maximum Gasteiger partial charge on any atom is 0.165 e. The van der Waals surface area contributed by atoms with Gasteiger partial charge in [0.05, 0.1) is 18.7 Å². The van der Waals surface area contributed by atoms with Gasteiger partial charge in [0.25, 0.3) is 0 Å². The number of nitrogens with zero attached hydrogens (tertiary/aromatic N) is 1. The van der Waals surface area contributed by atoms with E-state index in [1.807, 2.05) is 18.2 Å². The molecule has 0 saturated heterocycles. The second kappa shape index (κ2) is 7.67. The number of nitriles is 1. The molecule has 0 radical (unpaired) electrons. The van der Waals surface area contributed by atoms with Gasteiger partial charge in [0, 0.05) is 12.1 Å². The third kappa shape index (κ3) is 4.00. The first-order valence-corrected chi connectivity index (χ1v) is 8.70. The quantitative estimate of drug-likeness (QED) is 0.860. The largest absolute Gasteiger partial charge is 0.494 e. The molecule has 0 bridgehead atoms. The molecule has 2 aromatic rings. The second-order valence-corrected chi connectivity index (χ2v) is 6.72. The highest BCUT2D eigenvalue weighted by molar-refractivity contribution is 5.34. The lowest BCUT2D eigenvalue weighted by Gasteiger charge is -2.21.